The summed E-state index contributed by atoms with van der Waals surface area (Å²) in [5.74, 6) is -0.330. The average molecular weight is 422 g/mol. The summed E-state index contributed by atoms with van der Waals surface area (Å²) < 4.78 is 2.57. The summed E-state index contributed by atoms with van der Waals surface area (Å²) in [5, 5.41) is 11.9. The Balaban J connectivity index is 1.56. The van der Waals surface area contributed by atoms with Crippen molar-refractivity contribution in [2.24, 2.45) is 0 Å². The van der Waals surface area contributed by atoms with Gasteiger partial charge in [0.05, 0.1) is 5.69 Å². The molecule has 0 spiro atoms. The average Bonchev–Trinajstić information content (AvgIpc) is 3.16. The molecule has 1 amide bonds. The van der Waals surface area contributed by atoms with Crippen LogP contribution in [0.25, 0.3) is 16.8 Å². The molecular weight excluding hydrogens is 402 g/mol. The molecule has 0 radical (unpaired) electrons. The number of rotatable bonds is 5. The molecule has 2 aromatic carbocycles. The van der Waals surface area contributed by atoms with Crippen LogP contribution >= 0.6 is 11.6 Å². The number of halogens is 1. The van der Waals surface area contributed by atoms with Crippen LogP contribution in [0.4, 0.5) is 0 Å². The van der Waals surface area contributed by atoms with Crippen molar-refractivity contribution < 1.29 is 4.79 Å². The second-order valence-corrected chi connectivity index (χ2v) is 7.55. The summed E-state index contributed by atoms with van der Waals surface area (Å²) in [6.45, 7) is 4.09. The van der Waals surface area contributed by atoms with E-state index in [1.807, 2.05) is 50.2 Å². The van der Waals surface area contributed by atoms with Gasteiger partial charge in [0.2, 0.25) is 5.91 Å². The lowest BCUT2D eigenvalue weighted by atomic mass is 10.0. The van der Waals surface area contributed by atoms with Gasteiger partial charge in [-0.3, -0.25) is 9.59 Å². The maximum atomic E-state index is 12.8. The third-order valence-corrected chi connectivity index (χ3v) is 5.25. The summed E-state index contributed by atoms with van der Waals surface area (Å²) in [7, 11) is 0. The van der Waals surface area contributed by atoms with Crippen LogP contribution in [0.2, 0.25) is 5.02 Å². The Morgan fingerprint density at radius 3 is 2.73 bits per heavy atom. The molecule has 0 aliphatic carbocycles. The molecule has 0 saturated heterocycles. The highest BCUT2D eigenvalue weighted by atomic mass is 35.5. The Morgan fingerprint density at radius 1 is 1.13 bits per heavy atom. The van der Waals surface area contributed by atoms with Gasteiger partial charge >= 0.3 is 0 Å². The fraction of sp³-hybridized carbons (Fsp3) is 0.182. The Bertz CT molecular complexity index is 1310. The van der Waals surface area contributed by atoms with Crippen molar-refractivity contribution in [2.75, 3.05) is 0 Å². The summed E-state index contributed by atoms with van der Waals surface area (Å²) in [6.07, 6.45) is 1.44. The van der Waals surface area contributed by atoms with Gasteiger partial charge in [0, 0.05) is 17.1 Å². The molecule has 1 N–H and O–H groups in total. The van der Waals surface area contributed by atoms with Crippen molar-refractivity contribution in [3.63, 3.8) is 0 Å². The molecule has 0 fully saturated rings. The Labute approximate surface area is 177 Å². The molecule has 0 bridgehead atoms. The zero-order chi connectivity index (χ0) is 21.3. The lowest BCUT2D eigenvalue weighted by Crippen LogP contribution is -2.34. The fourth-order valence-electron chi connectivity index (χ4n) is 3.22. The SMILES string of the molecule is Cc1ccc(C)c(-c2cc3c(=O)n(CC(=O)NCc4ccccc4Cl)ncn3n2)c1. The molecule has 4 aromatic rings. The number of nitrogens with one attached hydrogen (secondary N) is 1. The van der Waals surface area contributed by atoms with E-state index in [0.717, 1.165) is 26.9 Å². The van der Waals surface area contributed by atoms with E-state index in [4.69, 9.17) is 11.6 Å². The molecule has 0 unspecified atom stereocenters. The summed E-state index contributed by atoms with van der Waals surface area (Å²) >= 11 is 6.10. The van der Waals surface area contributed by atoms with Crippen LogP contribution in [0.3, 0.4) is 0 Å². The monoisotopic (exact) mass is 421 g/mol. The van der Waals surface area contributed by atoms with Gasteiger partial charge < -0.3 is 5.32 Å². The number of aromatic nitrogens is 4. The molecule has 8 heteroatoms. The van der Waals surface area contributed by atoms with E-state index < -0.39 is 0 Å². The lowest BCUT2D eigenvalue weighted by molar-refractivity contribution is -0.122. The molecule has 2 aromatic heterocycles. The Kier molecular flexibility index (Phi) is 5.37. The number of benzene rings is 2. The van der Waals surface area contributed by atoms with E-state index in [0.29, 0.717) is 16.2 Å². The molecule has 0 atom stereocenters. The fourth-order valence-corrected chi connectivity index (χ4v) is 3.42. The first-order valence-corrected chi connectivity index (χ1v) is 9.83. The maximum Gasteiger partial charge on any atom is 0.293 e. The highest BCUT2D eigenvalue weighted by molar-refractivity contribution is 6.31. The van der Waals surface area contributed by atoms with Crippen LogP contribution in [0, 0.1) is 13.8 Å². The van der Waals surface area contributed by atoms with E-state index in [1.54, 1.807) is 12.1 Å². The molecule has 0 saturated carbocycles. The Morgan fingerprint density at radius 2 is 1.93 bits per heavy atom. The Hall–Kier alpha value is -3.45. The molecule has 2 heterocycles. The van der Waals surface area contributed by atoms with Gasteiger partial charge in [-0.25, -0.2) is 9.20 Å². The predicted octanol–water partition coefficient (Wildman–Crippen LogP) is 3.14. The van der Waals surface area contributed by atoms with Crippen molar-refractivity contribution in [1.82, 2.24) is 24.7 Å². The maximum absolute atomic E-state index is 12.8. The van der Waals surface area contributed by atoms with Crippen LogP contribution in [0.5, 0.6) is 0 Å². The third kappa shape index (κ3) is 3.97. The number of nitrogens with zero attached hydrogens (tertiary/aromatic N) is 4. The van der Waals surface area contributed by atoms with E-state index >= 15 is 0 Å². The normalized spacial score (nSPS) is 11.0. The van der Waals surface area contributed by atoms with Gasteiger partial charge in [-0.2, -0.15) is 10.2 Å². The van der Waals surface area contributed by atoms with Crippen LogP contribution in [0.15, 0.2) is 59.7 Å². The van der Waals surface area contributed by atoms with Crippen LogP contribution in [0.1, 0.15) is 16.7 Å². The summed E-state index contributed by atoms with van der Waals surface area (Å²) in [5.41, 5.74) is 4.61. The zero-order valence-electron chi connectivity index (χ0n) is 16.6. The minimum absolute atomic E-state index is 0.191. The second-order valence-electron chi connectivity index (χ2n) is 7.14. The van der Waals surface area contributed by atoms with Gasteiger partial charge in [-0.1, -0.05) is 47.5 Å². The largest absolute Gasteiger partial charge is 0.350 e. The quantitative estimate of drug-likeness (QED) is 0.536. The molecule has 7 nitrogen and oxygen atoms in total. The molecule has 0 aliphatic heterocycles. The summed E-state index contributed by atoms with van der Waals surface area (Å²) in [4.78, 5) is 25.1. The summed E-state index contributed by atoms with van der Waals surface area (Å²) in [6, 6.07) is 15.1. The first-order chi connectivity index (χ1) is 14.4. The number of aryl methyl sites for hydroxylation is 2. The van der Waals surface area contributed by atoms with Gasteiger partial charge in [0.1, 0.15) is 18.4 Å². The van der Waals surface area contributed by atoms with E-state index in [9.17, 15) is 9.59 Å². The number of fused-ring (bicyclic) bond motifs is 1. The number of amides is 1. The van der Waals surface area contributed by atoms with Gasteiger partial charge in [0.15, 0.2) is 0 Å². The predicted molar refractivity (Wildman–Crippen MR) is 115 cm³/mol. The van der Waals surface area contributed by atoms with Crippen LogP contribution in [-0.2, 0) is 17.9 Å². The highest BCUT2D eigenvalue weighted by Crippen LogP contribution is 2.23. The van der Waals surface area contributed by atoms with E-state index in [1.165, 1.54) is 10.8 Å². The number of carbonyl (C=O) groups excluding carboxylic acids is 1. The number of hydrogen-bond donors (Lipinski definition) is 1. The van der Waals surface area contributed by atoms with E-state index in [-0.39, 0.29) is 24.6 Å². The van der Waals surface area contributed by atoms with Crippen molar-refractivity contribution in [3.8, 4) is 11.3 Å². The molecule has 30 heavy (non-hydrogen) atoms. The van der Waals surface area contributed by atoms with Crippen LogP contribution < -0.4 is 10.9 Å². The number of hydrogen-bond acceptors (Lipinski definition) is 4. The minimum atomic E-state index is -0.380. The van der Waals surface area contributed by atoms with Crippen molar-refractivity contribution >= 4 is 23.0 Å². The highest BCUT2D eigenvalue weighted by Gasteiger charge is 2.13. The first kappa shape index (κ1) is 19.8. The van der Waals surface area contributed by atoms with Gasteiger partial charge in [0.25, 0.3) is 5.56 Å². The van der Waals surface area contributed by atoms with E-state index in [2.05, 4.69) is 15.5 Å². The third-order valence-electron chi connectivity index (χ3n) is 4.89. The molecule has 152 valence electrons. The molecule has 4 rings (SSSR count). The second kappa shape index (κ2) is 8.12. The smallest absolute Gasteiger partial charge is 0.293 e. The topological polar surface area (TPSA) is 81.3 Å². The number of carbonyl (C=O) groups is 1. The molecular formula is C22H20ClN5O2. The van der Waals surface area contributed by atoms with Gasteiger partial charge in [-0.05, 0) is 43.2 Å². The van der Waals surface area contributed by atoms with Crippen molar-refractivity contribution in [3.05, 3.63) is 86.9 Å². The van der Waals surface area contributed by atoms with Crippen LogP contribution in [-0.4, -0.2) is 25.3 Å². The van der Waals surface area contributed by atoms with Crippen molar-refractivity contribution in [2.45, 2.75) is 26.9 Å². The zero-order valence-corrected chi connectivity index (χ0v) is 17.3. The lowest BCUT2D eigenvalue weighted by Gasteiger charge is -2.08. The first-order valence-electron chi connectivity index (χ1n) is 9.45. The molecule has 0 aliphatic rings. The van der Waals surface area contributed by atoms with Gasteiger partial charge in [-0.15, -0.1) is 0 Å². The minimum Gasteiger partial charge on any atom is -0.350 e. The standard InChI is InChI=1S/C22H20ClN5O2/c1-14-7-8-15(2)17(9-14)19-10-20-22(30)27(25-13-28(20)26-19)12-21(29)24-11-16-5-3-4-6-18(16)23/h3-10,13H,11-12H2,1-2H3,(H,24,29). The van der Waals surface area contributed by atoms with Crippen molar-refractivity contribution in [1.29, 1.82) is 0 Å².